The van der Waals surface area contributed by atoms with E-state index < -0.39 is 5.97 Å². The van der Waals surface area contributed by atoms with E-state index in [9.17, 15) is 4.79 Å². The van der Waals surface area contributed by atoms with Crippen LogP contribution in [0.3, 0.4) is 0 Å². The summed E-state index contributed by atoms with van der Waals surface area (Å²) in [6, 6.07) is 0. The van der Waals surface area contributed by atoms with Gasteiger partial charge >= 0.3 is 5.97 Å². The Kier molecular flexibility index (Phi) is 4.72. The van der Waals surface area contributed by atoms with Crippen molar-refractivity contribution in [3.8, 4) is 0 Å². The number of methoxy groups -OCH3 is 1. The number of rotatable bonds is 1. The SMILES string of the molecule is CC.COC(=O)c1cn[nH]n1. The van der Waals surface area contributed by atoms with Gasteiger partial charge in [0.25, 0.3) is 0 Å². The van der Waals surface area contributed by atoms with Crippen LogP contribution in [0.15, 0.2) is 6.20 Å². The Morgan fingerprint density at radius 1 is 1.64 bits per heavy atom. The van der Waals surface area contributed by atoms with Crippen LogP contribution >= 0.6 is 0 Å². The van der Waals surface area contributed by atoms with Crippen molar-refractivity contribution in [1.82, 2.24) is 15.4 Å². The molecule has 0 fully saturated rings. The van der Waals surface area contributed by atoms with Gasteiger partial charge in [0, 0.05) is 0 Å². The quantitative estimate of drug-likeness (QED) is 0.606. The fourth-order valence-electron chi connectivity index (χ4n) is 0.405. The lowest BCUT2D eigenvalue weighted by molar-refractivity contribution is 0.0594. The highest BCUT2D eigenvalue weighted by atomic mass is 16.5. The van der Waals surface area contributed by atoms with E-state index in [1.165, 1.54) is 13.3 Å². The van der Waals surface area contributed by atoms with Gasteiger partial charge in [-0.3, -0.25) is 0 Å². The van der Waals surface area contributed by atoms with E-state index in [4.69, 9.17) is 0 Å². The minimum atomic E-state index is -0.483. The van der Waals surface area contributed by atoms with Gasteiger partial charge in [-0.05, 0) is 0 Å². The second-order valence-electron chi connectivity index (χ2n) is 1.35. The molecule has 0 aromatic carbocycles. The largest absolute Gasteiger partial charge is 0.464 e. The highest BCUT2D eigenvalue weighted by Gasteiger charge is 2.05. The van der Waals surface area contributed by atoms with Crippen LogP contribution in [-0.2, 0) is 4.74 Å². The minimum Gasteiger partial charge on any atom is -0.464 e. The maximum absolute atomic E-state index is 10.5. The highest BCUT2D eigenvalue weighted by Crippen LogP contribution is 1.89. The summed E-state index contributed by atoms with van der Waals surface area (Å²) in [5.74, 6) is -0.483. The van der Waals surface area contributed by atoms with Gasteiger partial charge in [0.15, 0.2) is 5.69 Å². The molecule has 0 aliphatic heterocycles. The molecule has 1 aromatic rings. The van der Waals surface area contributed by atoms with Crippen molar-refractivity contribution in [2.75, 3.05) is 7.11 Å². The highest BCUT2D eigenvalue weighted by molar-refractivity contribution is 5.86. The molecule has 0 aliphatic rings. The van der Waals surface area contributed by atoms with Crippen molar-refractivity contribution in [1.29, 1.82) is 0 Å². The van der Waals surface area contributed by atoms with Crippen molar-refractivity contribution in [2.24, 2.45) is 0 Å². The van der Waals surface area contributed by atoms with Crippen molar-refractivity contribution >= 4 is 5.97 Å². The number of ether oxygens (including phenoxy) is 1. The average Bonchev–Trinajstić information content (AvgIpc) is 2.59. The molecule has 0 amide bonds. The zero-order chi connectivity index (χ0) is 8.69. The van der Waals surface area contributed by atoms with Crippen LogP contribution in [0.5, 0.6) is 0 Å². The van der Waals surface area contributed by atoms with Gasteiger partial charge in [-0.25, -0.2) is 4.79 Å². The third-order valence-electron chi connectivity index (χ3n) is 0.810. The molecule has 0 aliphatic carbocycles. The first-order valence-corrected chi connectivity index (χ1v) is 3.28. The van der Waals surface area contributed by atoms with Crippen LogP contribution in [0.25, 0.3) is 0 Å². The minimum absolute atomic E-state index is 0.192. The maximum atomic E-state index is 10.5. The van der Waals surface area contributed by atoms with Crippen LogP contribution in [0, 0.1) is 0 Å². The molecule has 0 unspecified atom stereocenters. The Hall–Kier alpha value is -1.39. The molecule has 1 rings (SSSR count). The molecule has 0 bridgehead atoms. The first-order valence-electron chi connectivity index (χ1n) is 3.28. The van der Waals surface area contributed by atoms with Crippen LogP contribution in [-0.4, -0.2) is 28.5 Å². The number of aromatic nitrogens is 3. The van der Waals surface area contributed by atoms with E-state index in [2.05, 4.69) is 20.1 Å². The van der Waals surface area contributed by atoms with Crippen molar-refractivity contribution in [3.63, 3.8) is 0 Å². The van der Waals surface area contributed by atoms with Gasteiger partial charge in [0.2, 0.25) is 0 Å². The number of nitrogens with zero attached hydrogens (tertiary/aromatic N) is 2. The predicted octanol–water partition coefficient (Wildman–Crippen LogP) is 0.617. The number of carbonyl (C=O) groups is 1. The summed E-state index contributed by atoms with van der Waals surface area (Å²) in [6.07, 6.45) is 1.30. The smallest absolute Gasteiger partial charge is 0.360 e. The van der Waals surface area contributed by atoms with Crippen molar-refractivity contribution in [3.05, 3.63) is 11.9 Å². The van der Waals surface area contributed by atoms with E-state index in [0.717, 1.165) is 0 Å². The van der Waals surface area contributed by atoms with Gasteiger partial charge < -0.3 is 4.74 Å². The van der Waals surface area contributed by atoms with E-state index >= 15 is 0 Å². The third kappa shape index (κ3) is 2.79. The summed E-state index contributed by atoms with van der Waals surface area (Å²) < 4.78 is 4.33. The summed E-state index contributed by atoms with van der Waals surface area (Å²) in [5, 5.41) is 9.17. The van der Waals surface area contributed by atoms with Crippen LogP contribution in [0.4, 0.5) is 0 Å². The van der Waals surface area contributed by atoms with Crippen LogP contribution in [0.1, 0.15) is 24.3 Å². The maximum Gasteiger partial charge on any atom is 0.360 e. The molecule has 0 spiro atoms. The second-order valence-corrected chi connectivity index (χ2v) is 1.35. The molecule has 1 aromatic heterocycles. The third-order valence-corrected chi connectivity index (χ3v) is 0.810. The summed E-state index contributed by atoms with van der Waals surface area (Å²) in [4.78, 5) is 10.5. The van der Waals surface area contributed by atoms with E-state index in [1.54, 1.807) is 0 Å². The first kappa shape index (κ1) is 9.61. The van der Waals surface area contributed by atoms with Crippen LogP contribution in [0.2, 0.25) is 0 Å². The fourth-order valence-corrected chi connectivity index (χ4v) is 0.405. The van der Waals surface area contributed by atoms with Gasteiger partial charge in [0.05, 0.1) is 13.3 Å². The predicted molar refractivity (Wildman–Crippen MR) is 39.1 cm³/mol. The molecular weight excluding hydrogens is 146 g/mol. The summed E-state index contributed by atoms with van der Waals surface area (Å²) in [5.41, 5.74) is 0.192. The fraction of sp³-hybridized carbons (Fsp3) is 0.500. The normalized spacial score (nSPS) is 7.91. The van der Waals surface area contributed by atoms with E-state index in [-0.39, 0.29) is 5.69 Å². The molecule has 0 radical (unpaired) electrons. The van der Waals surface area contributed by atoms with E-state index in [1.807, 2.05) is 13.8 Å². The van der Waals surface area contributed by atoms with Crippen LogP contribution < -0.4 is 0 Å². The monoisotopic (exact) mass is 157 g/mol. The Bertz CT molecular complexity index is 196. The molecule has 0 saturated heterocycles. The lowest BCUT2D eigenvalue weighted by Gasteiger charge is -1.88. The summed E-state index contributed by atoms with van der Waals surface area (Å²) >= 11 is 0. The molecule has 62 valence electrons. The van der Waals surface area contributed by atoms with Gasteiger partial charge in [-0.15, -0.1) is 5.10 Å². The van der Waals surface area contributed by atoms with Crippen molar-refractivity contribution in [2.45, 2.75) is 13.8 Å². The second kappa shape index (κ2) is 5.40. The van der Waals surface area contributed by atoms with Gasteiger partial charge in [-0.2, -0.15) is 10.3 Å². The number of hydrogen-bond donors (Lipinski definition) is 1. The number of carbonyl (C=O) groups excluding carboxylic acids is 1. The number of hydrogen-bond acceptors (Lipinski definition) is 4. The lowest BCUT2D eigenvalue weighted by atomic mass is 10.5. The average molecular weight is 157 g/mol. The standard InChI is InChI=1S/C4H5N3O2.C2H6/c1-9-4(8)3-2-5-7-6-3;1-2/h2H,1H3,(H,5,6,7);1-2H3. The molecule has 1 N–H and O–H groups in total. The number of nitrogens with one attached hydrogen (secondary N) is 1. The van der Waals surface area contributed by atoms with Crippen molar-refractivity contribution < 1.29 is 9.53 Å². The zero-order valence-electron chi connectivity index (χ0n) is 6.79. The zero-order valence-corrected chi connectivity index (χ0v) is 6.79. The molecule has 5 heteroatoms. The summed E-state index contributed by atoms with van der Waals surface area (Å²) in [7, 11) is 1.29. The topological polar surface area (TPSA) is 67.9 Å². The number of H-pyrrole nitrogens is 1. The molecule has 0 atom stereocenters. The molecule has 11 heavy (non-hydrogen) atoms. The lowest BCUT2D eigenvalue weighted by Crippen LogP contribution is -2.00. The molecule has 1 heterocycles. The Labute approximate surface area is 64.8 Å². The molecule has 5 nitrogen and oxygen atoms in total. The van der Waals surface area contributed by atoms with Gasteiger partial charge in [0.1, 0.15) is 0 Å². The Morgan fingerprint density at radius 3 is 2.64 bits per heavy atom. The number of esters is 1. The van der Waals surface area contributed by atoms with Gasteiger partial charge in [-0.1, -0.05) is 13.8 Å². The molecular formula is C6H11N3O2. The Morgan fingerprint density at radius 2 is 2.27 bits per heavy atom. The van der Waals surface area contributed by atoms with E-state index in [0.29, 0.717) is 0 Å². The first-order chi connectivity index (χ1) is 5.34. The molecule has 0 saturated carbocycles. The Balaban J connectivity index is 0.000000461. The number of aromatic amines is 1. The summed E-state index contributed by atoms with van der Waals surface area (Å²) in [6.45, 7) is 4.00.